The fraction of sp³-hybridized carbons (Fsp3) is 0.200. The van der Waals surface area contributed by atoms with Crippen molar-refractivity contribution in [2.75, 3.05) is 6.61 Å². The molecule has 0 saturated carbocycles. The van der Waals surface area contributed by atoms with E-state index >= 15 is 0 Å². The highest BCUT2D eigenvalue weighted by molar-refractivity contribution is 6.29. The number of carbonyl (C=O) groups is 2. The molecule has 0 unspecified atom stereocenters. The van der Waals surface area contributed by atoms with Crippen LogP contribution in [0.15, 0.2) is 11.6 Å². The Morgan fingerprint density at radius 2 is 2.20 bits per heavy atom. The molecule has 0 aliphatic heterocycles. The van der Waals surface area contributed by atoms with E-state index in [-0.39, 0.29) is 23.4 Å². The van der Waals surface area contributed by atoms with Crippen LogP contribution in [0.5, 0.6) is 0 Å². The summed E-state index contributed by atoms with van der Waals surface area (Å²) in [4.78, 5) is 19.6. The van der Waals surface area contributed by atoms with Gasteiger partial charge >= 0.3 is 5.97 Å². The van der Waals surface area contributed by atoms with Crippen LogP contribution >= 0.6 is 11.6 Å². The van der Waals surface area contributed by atoms with Crippen molar-refractivity contribution in [2.45, 2.75) is 0 Å². The van der Waals surface area contributed by atoms with Crippen LogP contribution in [0.3, 0.4) is 0 Å². The molecule has 0 aromatic rings. The van der Waals surface area contributed by atoms with Gasteiger partial charge in [0.05, 0.1) is 0 Å². The molecule has 0 saturated heterocycles. The number of ether oxygens (including phenoxy) is 1. The van der Waals surface area contributed by atoms with Crippen molar-refractivity contribution in [2.24, 2.45) is 0 Å². The molecule has 10 heavy (non-hydrogen) atoms. The van der Waals surface area contributed by atoms with Gasteiger partial charge in [-0.25, -0.2) is 4.79 Å². The van der Waals surface area contributed by atoms with Gasteiger partial charge in [0.2, 0.25) is 6.29 Å². The second-order valence-corrected chi connectivity index (χ2v) is 1.78. The molecule has 0 aliphatic rings. The lowest BCUT2D eigenvalue weighted by molar-refractivity contribution is -0.147. The van der Waals surface area contributed by atoms with Crippen LogP contribution < -0.4 is 0 Å². The van der Waals surface area contributed by atoms with Crippen molar-refractivity contribution in [3.8, 4) is 0 Å². The quantitative estimate of drug-likeness (QED) is 0.327. The Balaban J connectivity index is 0. The van der Waals surface area contributed by atoms with E-state index in [1.165, 1.54) is 0 Å². The first-order chi connectivity index (χ1) is 4.16. The highest BCUT2D eigenvalue weighted by Gasteiger charge is 1.97. The minimum absolute atomic E-state index is 0. The van der Waals surface area contributed by atoms with E-state index in [1.807, 2.05) is 0 Å². The lowest BCUT2D eigenvalue weighted by atomic mass is 10.7. The molecule has 0 aromatic carbocycles. The van der Waals surface area contributed by atoms with Crippen molar-refractivity contribution >= 4 is 23.9 Å². The average Bonchev–Trinajstić information content (AvgIpc) is 1.83. The summed E-state index contributed by atoms with van der Waals surface area (Å²) in [5.41, 5.74) is 0. The summed E-state index contributed by atoms with van der Waals surface area (Å²) in [5.74, 6) is -0.934. The van der Waals surface area contributed by atoms with E-state index in [0.29, 0.717) is 0 Å². The normalized spacial score (nSPS) is 7.30. The predicted molar refractivity (Wildman–Crippen MR) is 35.6 cm³/mol. The van der Waals surface area contributed by atoms with Crippen LogP contribution in [-0.2, 0) is 14.3 Å². The Hall–Kier alpha value is -0.870. The van der Waals surface area contributed by atoms with Gasteiger partial charge in [0, 0.05) is 5.03 Å². The third kappa shape index (κ3) is 7.13. The van der Waals surface area contributed by atoms with Crippen LogP contribution in [0.4, 0.5) is 0 Å². The molecule has 4 nitrogen and oxygen atoms in total. The SMILES string of the molecule is C=C(Cl)COC(=O)C=O.O. The van der Waals surface area contributed by atoms with Crippen LogP contribution in [-0.4, -0.2) is 24.3 Å². The zero-order chi connectivity index (χ0) is 7.28. The summed E-state index contributed by atoms with van der Waals surface area (Å²) < 4.78 is 4.21. The van der Waals surface area contributed by atoms with E-state index in [0.717, 1.165) is 0 Å². The number of rotatable bonds is 3. The highest BCUT2D eigenvalue weighted by atomic mass is 35.5. The Kier molecular flexibility index (Phi) is 7.42. The molecule has 58 valence electrons. The first kappa shape index (κ1) is 11.9. The first-order valence-corrected chi connectivity index (χ1v) is 2.50. The summed E-state index contributed by atoms with van der Waals surface area (Å²) in [5, 5.41) is 0.185. The smallest absolute Gasteiger partial charge is 0.371 e. The molecule has 0 radical (unpaired) electrons. The predicted octanol–water partition coefficient (Wildman–Crippen LogP) is -0.344. The van der Waals surface area contributed by atoms with Crippen LogP contribution in [0.2, 0.25) is 0 Å². The number of carbonyl (C=O) groups excluding carboxylic acids is 2. The number of aldehydes is 1. The molecule has 0 aliphatic carbocycles. The third-order valence-electron chi connectivity index (χ3n) is 0.467. The van der Waals surface area contributed by atoms with Crippen molar-refractivity contribution in [3.05, 3.63) is 11.6 Å². The highest BCUT2D eigenvalue weighted by Crippen LogP contribution is 1.95. The molecule has 5 heteroatoms. The molecular weight excluding hydrogens is 160 g/mol. The standard InChI is InChI=1S/C5H5ClO3.H2O/c1-4(6)3-9-5(8)2-7;/h2H,1,3H2;1H2. The number of hydrogen-bond acceptors (Lipinski definition) is 3. The fourth-order valence-electron chi connectivity index (χ4n) is 0.183. The molecule has 0 aromatic heterocycles. The maximum absolute atomic E-state index is 10.0. The van der Waals surface area contributed by atoms with Gasteiger partial charge in [-0.3, -0.25) is 4.79 Å². The Bertz CT molecular complexity index is 143. The van der Waals surface area contributed by atoms with Gasteiger partial charge in [-0.1, -0.05) is 18.2 Å². The summed E-state index contributed by atoms with van der Waals surface area (Å²) in [6.45, 7) is 3.12. The zero-order valence-corrected chi connectivity index (χ0v) is 5.85. The van der Waals surface area contributed by atoms with Crippen molar-refractivity contribution in [1.82, 2.24) is 0 Å². The lowest BCUT2D eigenvalue weighted by Crippen LogP contribution is -2.05. The number of hydrogen-bond donors (Lipinski definition) is 0. The lowest BCUT2D eigenvalue weighted by Gasteiger charge is -1.94. The van der Waals surface area contributed by atoms with Crippen molar-refractivity contribution < 1.29 is 19.8 Å². The monoisotopic (exact) mass is 166 g/mol. The topological polar surface area (TPSA) is 74.9 Å². The van der Waals surface area contributed by atoms with Gasteiger partial charge < -0.3 is 10.2 Å². The van der Waals surface area contributed by atoms with Crippen LogP contribution in [0.1, 0.15) is 0 Å². The van der Waals surface area contributed by atoms with Gasteiger partial charge in [0.15, 0.2) is 0 Å². The van der Waals surface area contributed by atoms with E-state index in [9.17, 15) is 9.59 Å². The number of halogens is 1. The van der Waals surface area contributed by atoms with Crippen molar-refractivity contribution in [1.29, 1.82) is 0 Å². The van der Waals surface area contributed by atoms with Gasteiger partial charge in [-0.15, -0.1) is 0 Å². The first-order valence-electron chi connectivity index (χ1n) is 2.12. The van der Waals surface area contributed by atoms with Crippen LogP contribution in [0, 0.1) is 0 Å². The minimum Gasteiger partial charge on any atom is -0.454 e. The van der Waals surface area contributed by atoms with E-state index in [2.05, 4.69) is 11.3 Å². The second-order valence-electron chi connectivity index (χ2n) is 1.24. The van der Waals surface area contributed by atoms with Crippen molar-refractivity contribution in [3.63, 3.8) is 0 Å². The Labute approximate surface area is 62.7 Å². The second kappa shape index (κ2) is 6.25. The fourth-order valence-corrected chi connectivity index (χ4v) is 0.238. The molecule has 0 bridgehead atoms. The molecule has 0 atom stereocenters. The average molecular weight is 167 g/mol. The molecular formula is C5H7ClO4. The molecule has 0 amide bonds. The summed E-state index contributed by atoms with van der Waals surface area (Å²) in [6.07, 6.45) is 0.0693. The molecule has 0 spiro atoms. The van der Waals surface area contributed by atoms with Gasteiger partial charge in [0.25, 0.3) is 0 Å². The van der Waals surface area contributed by atoms with E-state index in [4.69, 9.17) is 11.6 Å². The van der Waals surface area contributed by atoms with E-state index in [1.54, 1.807) is 0 Å². The Morgan fingerprint density at radius 3 is 2.50 bits per heavy atom. The van der Waals surface area contributed by atoms with E-state index < -0.39 is 5.97 Å². The van der Waals surface area contributed by atoms with Gasteiger partial charge in [0.1, 0.15) is 6.61 Å². The van der Waals surface area contributed by atoms with Gasteiger partial charge in [-0.2, -0.15) is 0 Å². The maximum atomic E-state index is 10.0. The minimum atomic E-state index is -0.934. The summed E-state index contributed by atoms with van der Waals surface area (Å²) in [7, 11) is 0. The molecule has 2 N–H and O–H groups in total. The molecule has 0 heterocycles. The number of esters is 1. The molecule has 0 fully saturated rings. The maximum Gasteiger partial charge on any atom is 0.371 e. The zero-order valence-electron chi connectivity index (χ0n) is 5.09. The Morgan fingerprint density at radius 1 is 1.70 bits per heavy atom. The summed E-state index contributed by atoms with van der Waals surface area (Å²) in [6, 6.07) is 0. The molecule has 0 rings (SSSR count). The third-order valence-corrected chi connectivity index (χ3v) is 0.576. The summed E-state index contributed by atoms with van der Waals surface area (Å²) >= 11 is 5.19. The van der Waals surface area contributed by atoms with Gasteiger partial charge in [-0.05, 0) is 0 Å². The van der Waals surface area contributed by atoms with Crippen LogP contribution in [0.25, 0.3) is 0 Å². The largest absolute Gasteiger partial charge is 0.454 e.